The number of hydrogen-bond donors (Lipinski definition) is 0. The fourth-order valence-electron chi connectivity index (χ4n) is 2.33. The maximum Gasteiger partial charge on any atom is 0.494 e. The van der Waals surface area contributed by atoms with Gasteiger partial charge in [0.05, 0.1) is 15.3 Å². The number of pyridine rings is 1. The zero-order chi connectivity index (χ0) is 31.4. The summed E-state index contributed by atoms with van der Waals surface area (Å²) in [6, 6.07) is -1.64. The van der Waals surface area contributed by atoms with Crippen LogP contribution in [0, 0.1) is 0 Å². The number of carbonyl (C=O) groups excluding carboxylic acids is 1. The number of carbonyl (C=O) groups is 1. The number of ether oxygens (including phenoxy) is 1. The molecular formula is C21H33BN2O4. The lowest BCUT2D eigenvalue weighted by Crippen LogP contribution is -2.41. The van der Waals surface area contributed by atoms with E-state index >= 15 is 0 Å². The van der Waals surface area contributed by atoms with Crippen molar-refractivity contribution < 1.29 is 35.3 Å². The first-order valence-corrected chi connectivity index (χ1v) is 8.90. The van der Waals surface area contributed by atoms with E-state index in [1.165, 1.54) is 20.8 Å². The number of hydrogen-bond acceptors (Lipinski definition) is 5. The lowest BCUT2D eigenvalue weighted by atomic mass is 9.78. The molecule has 154 valence electrons. The van der Waals surface area contributed by atoms with Crippen molar-refractivity contribution in [2.75, 3.05) is 13.0 Å². The second-order valence-corrected chi connectivity index (χ2v) is 8.49. The van der Waals surface area contributed by atoms with Gasteiger partial charge < -0.3 is 18.9 Å². The maximum absolute atomic E-state index is 13.0. The minimum absolute atomic E-state index is 0.350. The van der Waals surface area contributed by atoms with Crippen molar-refractivity contribution in [2.45, 2.75) is 83.9 Å². The van der Waals surface area contributed by atoms with Crippen molar-refractivity contribution in [3.63, 3.8) is 0 Å². The summed E-state index contributed by atoms with van der Waals surface area (Å²) < 4.78 is 120. The molecule has 0 unspecified atom stereocenters. The standard InChI is InChI=1S/C21H33BN2O4/c1-19(2,3)26-18(25)24-12-9-15(10-13-24)17-14-16(8-11-23-17)22-27-20(4,5)21(6,7)28-22/h8,11,14-15H,9-10,12-13H2,1-7H3/i8D,9D2,10D2,11D,12D2,13D2,14D,15D. The average molecular weight is 400 g/mol. The molecule has 0 N–H and O–H groups in total. The van der Waals surface area contributed by atoms with Gasteiger partial charge in [-0.05, 0) is 78.8 Å². The van der Waals surface area contributed by atoms with Gasteiger partial charge in [0.1, 0.15) is 5.60 Å². The maximum atomic E-state index is 13.0. The number of amides is 1. The van der Waals surface area contributed by atoms with Gasteiger partial charge in [-0.2, -0.15) is 0 Å². The van der Waals surface area contributed by atoms with Gasteiger partial charge >= 0.3 is 13.2 Å². The molecule has 1 aromatic heterocycles. The van der Waals surface area contributed by atoms with Crippen molar-refractivity contribution in [2.24, 2.45) is 0 Å². The molecule has 2 saturated heterocycles. The first kappa shape index (κ1) is 10.4. The second kappa shape index (κ2) is 7.34. The Kier molecular flexibility index (Phi) is 2.74. The summed E-state index contributed by atoms with van der Waals surface area (Å²) in [6.45, 7) is 3.37. The molecule has 0 bridgehead atoms. The van der Waals surface area contributed by atoms with E-state index < -0.39 is 91.1 Å². The fraction of sp³-hybridized carbons (Fsp3) is 0.714. The van der Waals surface area contributed by atoms with Gasteiger partial charge in [0.2, 0.25) is 0 Å². The molecule has 2 aliphatic rings. The molecule has 2 aliphatic heterocycles. The third-order valence-electron chi connectivity index (χ3n) is 4.50. The summed E-state index contributed by atoms with van der Waals surface area (Å²) in [5.41, 5.74) is -4.92. The summed E-state index contributed by atoms with van der Waals surface area (Å²) in [5.74, 6) is -3.69. The minimum atomic E-state index is -3.81. The molecule has 0 atom stereocenters. The van der Waals surface area contributed by atoms with Gasteiger partial charge in [-0.25, -0.2) is 4.79 Å². The van der Waals surface area contributed by atoms with Crippen LogP contribution in [-0.4, -0.2) is 52.9 Å². The highest BCUT2D eigenvalue weighted by Gasteiger charge is 2.51. The summed E-state index contributed by atoms with van der Waals surface area (Å²) in [4.78, 5) is 16.3. The van der Waals surface area contributed by atoms with E-state index in [0.717, 1.165) is 0 Å². The molecule has 3 rings (SSSR count). The normalized spacial score (nSPS) is 37.0. The van der Waals surface area contributed by atoms with Gasteiger partial charge in [-0.3, -0.25) is 4.98 Å². The molecule has 6 nitrogen and oxygen atoms in total. The van der Waals surface area contributed by atoms with E-state index in [2.05, 4.69) is 4.98 Å². The van der Waals surface area contributed by atoms with Gasteiger partial charge in [-0.15, -0.1) is 0 Å². The van der Waals surface area contributed by atoms with Crippen molar-refractivity contribution in [3.05, 3.63) is 24.0 Å². The minimum Gasteiger partial charge on any atom is -0.444 e. The van der Waals surface area contributed by atoms with Gasteiger partial charge in [0.15, 0.2) is 0 Å². The number of rotatable bonds is 2. The molecule has 0 saturated carbocycles. The Labute approximate surface area is 185 Å². The fourth-order valence-corrected chi connectivity index (χ4v) is 2.33. The number of nitrogens with zero attached hydrogens (tertiary/aromatic N) is 2. The van der Waals surface area contributed by atoms with Crippen LogP contribution in [0.3, 0.4) is 0 Å². The van der Waals surface area contributed by atoms with Gasteiger partial charge in [-0.1, -0.05) is 0 Å². The van der Waals surface area contributed by atoms with Gasteiger partial charge in [0.25, 0.3) is 0 Å². The lowest BCUT2D eigenvalue weighted by Gasteiger charge is -2.33. The number of piperidine rings is 1. The Morgan fingerprint density at radius 3 is 2.43 bits per heavy atom. The zero-order valence-corrected chi connectivity index (χ0v) is 17.1. The van der Waals surface area contributed by atoms with Gasteiger partial charge in [0, 0.05) is 43.1 Å². The Bertz CT molecular complexity index is 1190. The molecule has 1 amide bonds. The number of aromatic nitrogens is 1. The molecule has 0 aromatic carbocycles. The summed E-state index contributed by atoms with van der Waals surface area (Å²) in [6.07, 6.45) is -10.3. The van der Waals surface area contributed by atoms with Crippen LogP contribution in [0.5, 0.6) is 0 Å². The first-order valence-electron chi connectivity index (χ1n) is 14.9. The van der Waals surface area contributed by atoms with Crippen molar-refractivity contribution in [1.29, 1.82) is 0 Å². The second-order valence-electron chi connectivity index (χ2n) is 8.49. The van der Waals surface area contributed by atoms with Crippen LogP contribution >= 0.6 is 0 Å². The molecular weight excluding hydrogens is 355 g/mol. The molecule has 3 heterocycles. The van der Waals surface area contributed by atoms with E-state index in [0.29, 0.717) is 0 Å². The van der Waals surface area contributed by atoms with E-state index in [4.69, 9.17) is 30.5 Å². The topological polar surface area (TPSA) is 60.9 Å². The average Bonchev–Trinajstić information content (AvgIpc) is 2.93. The highest BCUT2D eigenvalue weighted by Crippen LogP contribution is 2.36. The molecule has 2 fully saturated rings. The number of likely N-dealkylation sites (tertiary alicyclic amines) is 1. The predicted octanol–water partition coefficient (Wildman–Crippen LogP) is 3.50. The van der Waals surface area contributed by atoms with E-state index in [1.54, 1.807) is 27.7 Å². The Balaban J connectivity index is 2.35. The molecule has 0 radical (unpaired) electrons. The van der Waals surface area contributed by atoms with Crippen LogP contribution in [-0.2, 0) is 14.0 Å². The summed E-state index contributed by atoms with van der Waals surface area (Å²) in [7, 11) is -1.49. The predicted molar refractivity (Wildman–Crippen MR) is 110 cm³/mol. The smallest absolute Gasteiger partial charge is 0.444 e. The van der Waals surface area contributed by atoms with Crippen LogP contribution in [0.15, 0.2) is 18.3 Å². The molecule has 1 aromatic rings. The lowest BCUT2D eigenvalue weighted by molar-refractivity contribution is 0.00578. The van der Waals surface area contributed by atoms with E-state index in [9.17, 15) is 4.79 Å². The van der Waals surface area contributed by atoms with Crippen molar-refractivity contribution >= 4 is 18.7 Å². The largest absolute Gasteiger partial charge is 0.494 e. The summed E-state index contributed by atoms with van der Waals surface area (Å²) >= 11 is 0. The Morgan fingerprint density at radius 2 is 1.89 bits per heavy atom. The highest BCUT2D eigenvalue weighted by molar-refractivity contribution is 6.62. The third-order valence-corrected chi connectivity index (χ3v) is 4.50. The van der Waals surface area contributed by atoms with Crippen LogP contribution in [0.4, 0.5) is 4.79 Å². The van der Waals surface area contributed by atoms with E-state index in [1.807, 2.05) is 0 Å². The van der Waals surface area contributed by atoms with E-state index in [-0.39, 0.29) is 4.90 Å². The SMILES string of the molecule is [2H]c1nc(C2([2H])C([2H])([2H])C([2H])([2H])N(C(=O)OC(C)(C)C)C([2H])([2H])C2([2H])[2H])c([2H])c(B2OC(C)(C)C(C)(C)O2)c1[2H]. The van der Waals surface area contributed by atoms with Crippen LogP contribution in [0.25, 0.3) is 0 Å². The highest BCUT2D eigenvalue weighted by atomic mass is 16.7. The summed E-state index contributed by atoms with van der Waals surface area (Å²) in [5, 5.41) is 0. The van der Waals surface area contributed by atoms with Crippen LogP contribution in [0.1, 0.15) is 89.2 Å². The molecule has 7 heteroatoms. The molecule has 28 heavy (non-hydrogen) atoms. The zero-order valence-electron chi connectivity index (χ0n) is 29.1. The first-order chi connectivity index (χ1) is 17.5. The van der Waals surface area contributed by atoms with Crippen LogP contribution < -0.4 is 5.46 Å². The Morgan fingerprint density at radius 1 is 1.32 bits per heavy atom. The van der Waals surface area contributed by atoms with Crippen LogP contribution in [0.2, 0.25) is 0 Å². The quantitative estimate of drug-likeness (QED) is 0.712. The monoisotopic (exact) mass is 400 g/mol. The molecule has 0 aliphatic carbocycles. The molecule has 0 spiro atoms. The Hall–Kier alpha value is -1.60. The van der Waals surface area contributed by atoms with Crippen molar-refractivity contribution in [3.8, 4) is 0 Å². The third kappa shape index (κ3) is 4.52. The van der Waals surface area contributed by atoms with Crippen molar-refractivity contribution in [1.82, 2.24) is 9.88 Å².